The molecule has 0 radical (unpaired) electrons. The van der Waals surface area contributed by atoms with Crippen LogP contribution in [0.4, 0.5) is 13.2 Å². The molecule has 6 nitrogen and oxygen atoms in total. The number of hydrogen-bond donors (Lipinski definition) is 1. The first kappa shape index (κ1) is 18.3. The van der Waals surface area contributed by atoms with Gasteiger partial charge in [-0.25, -0.2) is 4.98 Å². The van der Waals surface area contributed by atoms with Crippen molar-refractivity contribution in [2.75, 3.05) is 6.54 Å². The Balaban J connectivity index is 2.00. The Morgan fingerprint density at radius 3 is 2.71 bits per heavy atom. The van der Waals surface area contributed by atoms with Crippen molar-refractivity contribution in [3.63, 3.8) is 0 Å². The summed E-state index contributed by atoms with van der Waals surface area (Å²) in [6, 6.07) is -2.35. The monoisotopic (exact) mass is 347 g/mol. The zero-order valence-corrected chi connectivity index (χ0v) is 13.5. The first-order chi connectivity index (χ1) is 11.2. The molecule has 0 saturated carbocycles. The molecule has 0 aliphatic carbocycles. The van der Waals surface area contributed by atoms with Crippen molar-refractivity contribution in [3.05, 3.63) is 17.8 Å². The van der Waals surface area contributed by atoms with Crippen molar-refractivity contribution >= 4 is 11.8 Å². The van der Waals surface area contributed by atoms with Gasteiger partial charge in [0.2, 0.25) is 5.91 Å². The number of oxazole rings is 1. The largest absolute Gasteiger partial charge is 0.448 e. The Kier molecular flexibility index (Phi) is 5.51. The number of carbonyl (C=O) groups excluding carboxylic acids is 2. The molecule has 0 spiro atoms. The molecule has 9 heteroatoms. The van der Waals surface area contributed by atoms with E-state index in [2.05, 4.69) is 10.3 Å². The van der Waals surface area contributed by atoms with E-state index in [0.29, 0.717) is 12.3 Å². The molecule has 1 saturated heterocycles. The van der Waals surface area contributed by atoms with Crippen LogP contribution in [0.5, 0.6) is 0 Å². The first-order valence-electron chi connectivity index (χ1n) is 7.81. The van der Waals surface area contributed by atoms with Crippen molar-refractivity contribution in [1.82, 2.24) is 15.2 Å². The van der Waals surface area contributed by atoms with Crippen LogP contribution in [-0.2, 0) is 11.2 Å². The van der Waals surface area contributed by atoms with Gasteiger partial charge in [-0.2, -0.15) is 13.2 Å². The van der Waals surface area contributed by atoms with Gasteiger partial charge in [-0.1, -0.05) is 6.92 Å². The number of likely N-dealkylation sites (tertiary alicyclic amines) is 1. The van der Waals surface area contributed by atoms with Crippen molar-refractivity contribution < 1.29 is 27.2 Å². The lowest BCUT2D eigenvalue weighted by Crippen LogP contribution is -2.57. The number of rotatable bonds is 4. The molecule has 1 N–H and O–H groups in total. The Morgan fingerprint density at radius 2 is 2.12 bits per heavy atom. The molecular weight excluding hydrogens is 327 g/mol. The van der Waals surface area contributed by atoms with Crippen LogP contribution in [0.25, 0.3) is 0 Å². The number of carbonyl (C=O) groups is 2. The summed E-state index contributed by atoms with van der Waals surface area (Å²) in [6.45, 7) is 2.86. The van der Waals surface area contributed by atoms with E-state index in [4.69, 9.17) is 4.42 Å². The van der Waals surface area contributed by atoms with Gasteiger partial charge in [0.15, 0.2) is 11.6 Å². The van der Waals surface area contributed by atoms with Gasteiger partial charge in [-0.05, 0) is 19.3 Å². The molecule has 24 heavy (non-hydrogen) atoms. The number of halogens is 3. The predicted octanol–water partition coefficient (Wildman–Crippen LogP) is 2.30. The number of nitrogens with zero attached hydrogens (tertiary/aromatic N) is 2. The molecule has 2 rings (SSSR count). The Labute approximate surface area is 137 Å². The normalized spacial score (nSPS) is 21.6. The third-order valence-corrected chi connectivity index (χ3v) is 3.95. The van der Waals surface area contributed by atoms with Gasteiger partial charge in [-0.3, -0.25) is 9.59 Å². The van der Waals surface area contributed by atoms with E-state index < -0.39 is 30.1 Å². The average molecular weight is 347 g/mol. The Morgan fingerprint density at radius 1 is 1.42 bits per heavy atom. The quantitative estimate of drug-likeness (QED) is 0.907. The van der Waals surface area contributed by atoms with Crippen LogP contribution in [0.15, 0.2) is 10.7 Å². The van der Waals surface area contributed by atoms with Gasteiger partial charge in [-0.15, -0.1) is 0 Å². The van der Waals surface area contributed by atoms with Crippen molar-refractivity contribution in [2.24, 2.45) is 0 Å². The number of aromatic nitrogens is 1. The zero-order chi connectivity index (χ0) is 17.9. The average Bonchev–Trinajstić information content (AvgIpc) is 2.95. The zero-order valence-electron chi connectivity index (χ0n) is 13.5. The summed E-state index contributed by atoms with van der Waals surface area (Å²) < 4.78 is 44.1. The fourth-order valence-corrected chi connectivity index (χ4v) is 2.78. The third kappa shape index (κ3) is 4.27. The topological polar surface area (TPSA) is 75.4 Å². The predicted molar refractivity (Wildman–Crippen MR) is 78.2 cm³/mol. The van der Waals surface area contributed by atoms with E-state index >= 15 is 0 Å². The van der Waals surface area contributed by atoms with Gasteiger partial charge >= 0.3 is 6.18 Å². The lowest BCUT2D eigenvalue weighted by atomic mass is 9.97. The van der Waals surface area contributed by atoms with Crippen molar-refractivity contribution in [1.29, 1.82) is 0 Å². The number of hydrogen-bond acceptors (Lipinski definition) is 4. The Hall–Kier alpha value is -2.06. The number of aryl methyl sites for hydroxylation is 1. The van der Waals surface area contributed by atoms with E-state index in [-0.39, 0.29) is 25.1 Å². The molecule has 2 heterocycles. The van der Waals surface area contributed by atoms with Crippen LogP contribution in [0.3, 0.4) is 0 Å². The second-order valence-corrected chi connectivity index (χ2v) is 5.85. The molecule has 2 unspecified atom stereocenters. The lowest BCUT2D eigenvalue weighted by Gasteiger charge is -2.40. The van der Waals surface area contributed by atoms with Crippen LogP contribution in [0, 0.1) is 0 Å². The van der Waals surface area contributed by atoms with Crippen LogP contribution in [0.1, 0.15) is 49.5 Å². The molecule has 2 atom stereocenters. The molecular formula is C15H20F3N3O3. The highest BCUT2D eigenvalue weighted by atomic mass is 19.4. The van der Waals surface area contributed by atoms with E-state index in [1.807, 2.05) is 6.92 Å². The van der Waals surface area contributed by atoms with E-state index in [1.165, 1.54) is 6.26 Å². The summed E-state index contributed by atoms with van der Waals surface area (Å²) >= 11 is 0. The highest BCUT2D eigenvalue weighted by Crippen LogP contribution is 2.32. The summed E-state index contributed by atoms with van der Waals surface area (Å²) in [6.07, 6.45) is -1.93. The van der Waals surface area contributed by atoms with E-state index in [0.717, 1.165) is 18.2 Å². The van der Waals surface area contributed by atoms with Crippen LogP contribution < -0.4 is 5.32 Å². The summed E-state index contributed by atoms with van der Waals surface area (Å²) in [7, 11) is 0. The molecule has 1 fully saturated rings. The minimum atomic E-state index is -4.47. The molecule has 134 valence electrons. The van der Waals surface area contributed by atoms with Crippen LogP contribution in [0.2, 0.25) is 0 Å². The lowest BCUT2D eigenvalue weighted by molar-refractivity contribution is -0.196. The van der Waals surface area contributed by atoms with Gasteiger partial charge in [0.1, 0.15) is 12.3 Å². The second kappa shape index (κ2) is 7.23. The number of alkyl halides is 3. The molecule has 1 aromatic rings. The SMILES string of the molecule is CCCc1nc(C(=O)NC2CCC(C(F)(F)F)N(C(C)=O)C2)co1. The van der Waals surface area contributed by atoms with E-state index in [1.54, 1.807) is 0 Å². The molecule has 0 bridgehead atoms. The van der Waals surface area contributed by atoms with Crippen LogP contribution in [-0.4, -0.2) is 46.5 Å². The minimum absolute atomic E-state index is 0.0887. The maximum atomic E-state index is 13.0. The molecule has 1 aromatic heterocycles. The van der Waals surface area contributed by atoms with Crippen LogP contribution >= 0.6 is 0 Å². The van der Waals surface area contributed by atoms with Gasteiger partial charge in [0, 0.05) is 25.9 Å². The summed E-state index contributed by atoms with van der Waals surface area (Å²) in [5.41, 5.74) is 0.0887. The summed E-state index contributed by atoms with van der Waals surface area (Å²) in [5.74, 6) is -0.739. The first-order valence-corrected chi connectivity index (χ1v) is 7.81. The maximum Gasteiger partial charge on any atom is 0.408 e. The molecule has 1 aliphatic rings. The Bertz CT molecular complexity index is 600. The maximum absolute atomic E-state index is 13.0. The highest BCUT2D eigenvalue weighted by molar-refractivity contribution is 5.92. The molecule has 2 amide bonds. The second-order valence-electron chi connectivity index (χ2n) is 5.85. The molecule has 1 aliphatic heterocycles. The standard InChI is InChI=1S/C15H20F3N3O3/c1-3-4-13-20-11(8-24-13)14(23)19-10-5-6-12(15(16,17)18)21(7-10)9(2)22/h8,10,12H,3-7H2,1-2H3,(H,19,23). The van der Waals surface area contributed by atoms with Gasteiger partial charge < -0.3 is 14.6 Å². The fraction of sp³-hybridized carbons (Fsp3) is 0.667. The van der Waals surface area contributed by atoms with E-state index in [9.17, 15) is 22.8 Å². The fourth-order valence-electron chi connectivity index (χ4n) is 2.78. The summed E-state index contributed by atoms with van der Waals surface area (Å²) in [5, 5.41) is 2.62. The summed E-state index contributed by atoms with van der Waals surface area (Å²) in [4.78, 5) is 28.4. The number of amides is 2. The highest BCUT2D eigenvalue weighted by Gasteiger charge is 2.47. The smallest absolute Gasteiger partial charge is 0.408 e. The van der Waals surface area contributed by atoms with Gasteiger partial charge in [0.25, 0.3) is 5.91 Å². The van der Waals surface area contributed by atoms with Crippen molar-refractivity contribution in [2.45, 2.75) is 57.8 Å². The minimum Gasteiger partial charge on any atom is -0.448 e. The van der Waals surface area contributed by atoms with Gasteiger partial charge in [0.05, 0.1) is 0 Å². The number of piperidine rings is 1. The van der Waals surface area contributed by atoms with Crippen molar-refractivity contribution in [3.8, 4) is 0 Å². The molecule has 0 aromatic carbocycles. The third-order valence-electron chi connectivity index (χ3n) is 3.95. The number of nitrogens with one attached hydrogen (secondary N) is 1.